The zero-order chi connectivity index (χ0) is 22.3. The minimum absolute atomic E-state index is 0.220. The number of esters is 1. The molecular formula is C24H33N3O2Si. The SMILES string of the molecule is CCC(CCc1ccc([Si](C)(C)C)cc1)C(=O)O/C(=C\C#N)c1cc(C)nn1CC. The summed E-state index contributed by atoms with van der Waals surface area (Å²) < 4.78 is 7.43. The van der Waals surface area contributed by atoms with Crippen LogP contribution in [0.15, 0.2) is 36.4 Å². The molecule has 0 saturated carbocycles. The van der Waals surface area contributed by atoms with E-state index < -0.39 is 8.07 Å². The summed E-state index contributed by atoms with van der Waals surface area (Å²) in [4.78, 5) is 12.8. The molecule has 2 aromatic rings. The number of aromatic nitrogens is 2. The number of hydrogen-bond acceptors (Lipinski definition) is 4. The van der Waals surface area contributed by atoms with Gasteiger partial charge in [0, 0.05) is 6.54 Å². The lowest BCUT2D eigenvalue weighted by Crippen LogP contribution is -2.37. The van der Waals surface area contributed by atoms with E-state index in [1.54, 1.807) is 4.68 Å². The number of nitriles is 1. The van der Waals surface area contributed by atoms with Crippen molar-refractivity contribution in [2.45, 2.75) is 66.2 Å². The van der Waals surface area contributed by atoms with Gasteiger partial charge in [0.1, 0.15) is 5.69 Å². The number of ether oxygens (including phenoxy) is 1. The average Bonchev–Trinajstić information content (AvgIpc) is 3.08. The summed E-state index contributed by atoms with van der Waals surface area (Å²) in [5, 5.41) is 15.0. The lowest BCUT2D eigenvalue weighted by molar-refractivity contribution is -0.141. The molecule has 0 spiro atoms. The molecule has 6 heteroatoms. The Morgan fingerprint density at radius 1 is 1.27 bits per heavy atom. The Labute approximate surface area is 181 Å². The van der Waals surface area contributed by atoms with Crippen LogP contribution in [0.1, 0.15) is 43.6 Å². The molecule has 1 heterocycles. The number of benzene rings is 1. The summed E-state index contributed by atoms with van der Waals surface area (Å²) in [7, 11) is -1.30. The van der Waals surface area contributed by atoms with Gasteiger partial charge in [-0.05, 0) is 44.7 Å². The van der Waals surface area contributed by atoms with E-state index in [9.17, 15) is 4.79 Å². The van der Waals surface area contributed by atoms with Crippen LogP contribution in [0.5, 0.6) is 0 Å². The fourth-order valence-electron chi connectivity index (χ4n) is 3.39. The first-order valence-corrected chi connectivity index (χ1v) is 14.1. The Balaban J connectivity index is 2.07. The molecule has 160 valence electrons. The van der Waals surface area contributed by atoms with E-state index in [1.807, 2.05) is 32.9 Å². The van der Waals surface area contributed by atoms with E-state index in [2.05, 4.69) is 49.0 Å². The quantitative estimate of drug-likeness (QED) is 0.251. The zero-order valence-electron chi connectivity index (χ0n) is 19.0. The molecule has 0 amide bonds. The van der Waals surface area contributed by atoms with Crippen LogP contribution in [0.4, 0.5) is 0 Å². The summed E-state index contributed by atoms with van der Waals surface area (Å²) in [5.41, 5.74) is 2.71. The Hall–Kier alpha value is -2.65. The number of hydrogen-bond donors (Lipinski definition) is 0. The number of carbonyl (C=O) groups excluding carboxylic acids is 1. The van der Waals surface area contributed by atoms with Crippen LogP contribution < -0.4 is 5.19 Å². The third kappa shape index (κ3) is 6.17. The fourth-order valence-corrected chi connectivity index (χ4v) is 4.56. The van der Waals surface area contributed by atoms with Crippen LogP contribution in [-0.4, -0.2) is 23.8 Å². The van der Waals surface area contributed by atoms with E-state index >= 15 is 0 Å². The molecule has 5 nitrogen and oxygen atoms in total. The normalized spacial score (nSPS) is 13.0. The van der Waals surface area contributed by atoms with Crippen LogP contribution in [0.2, 0.25) is 19.6 Å². The van der Waals surface area contributed by atoms with Crippen LogP contribution in [-0.2, 0) is 22.5 Å². The van der Waals surface area contributed by atoms with Gasteiger partial charge in [-0.25, -0.2) is 0 Å². The van der Waals surface area contributed by atoms with E-state index in [0.717, 1.165) is 12.1 Å². The van der Waals surface area contributed by atoms with Gasteiger partial charge in [-0.2, -0.15) is 10.4 Å². The molecule has 0 aliphatic rings. The second kappa shape index (κ2) is 10.4. The molecule has 0 bridgehead atoms. The first-order chi connectivity index (χ1) is 14.2. The maximum atomic E-state index is 12.8. The first-order valence-electron chi connectivity index (χ1n) is 10.6. The Kier molecular flexibility index (Phi) is 8.19. The summed E-state index contributed by atoms with van der Waals surface area (Å²) >= 11 is 0. The lowest BCUT2D eigenvalue weighted by Gasteiger charge is -2.18. The van der Waals surface area contributed by atoms with Gasteiger partial charge in [0.15, 0.2) is 5.76 Å². The number of rotatable bonds is 9. The smallest absolute Gasteiger partial charge is 0.314 e. The topological polar surface area (TPSA) is 67.9 Å². The number of allylic oxidation sites excluding steroid dienone is 1. The molecule has 0 N–H and O–H groups in total. The molecule has 2 rings (SSSR count). The summed E-state index contributed by atoms with van der Waals surface area (Å²) in [6, 6.07) is 12.6. The van der Waals surface area contributed by atoms with Crippen molar-refractivity contribution in [2.75, 3.05) is 0 Å². The fraction of sp³-hybridized carbons (Fsp3) is 0.458. The predicted molar refractivity (Wildman–Crippen MR) is 124 cm³/mol. The molecule has 0 aliphatic carbocycles. The van der Waals surface area contributed by atoms with Crippen molar-refractivity contribution >= 4 is 25.0 Å². The first kappa shape index (κ1) is 23.6. The summed E-state index contributed by atoms with van der Waals surface area (Å²) in [6.45, 7) is 13.5. The molecular weight excluding hydrogens is 390 g/mol. The van der Waals surface area contributed by atoms with Crippen molar-refractivity contribution in [3.63, 3.8) is 0 Å². The van der Waals surface area contributed by atoms with Crippen molar-refractivity contribution in [3.8, 4) is 6.07 Å². The number of aryl methyl sites for hydroxylation is 3. The van der Waals surface area contributed by atoms with E-state index in [4.69, 9.17) is 10.00 Å². The summed E-state index contributed by atoms with van der Waals surface area (Å²) in [5.74, 6) is -0.245. The number of carbonyl (C=O) groups is 1. The molecule has 0 aliphatic heterocycles. The highest BCUT2D eigenvalue weighted by Gasteiger charge is 2.22. The average molecular weight is 424 g/mol. The van der Waals surface area contributed by atoms with E-state index in [-0.39, 0.29) is 17.6 Å². The van der Waals surface area contributed by atoms with Gasteiger partial charge in [0.05, 0.1) is 31.8 Å². The molecule has 0 fully saturated rings. The highest BCUT2D eigenvalue weighted by atomic mass is 28.3. The lowest BCUT2D eigenvalue weighted by atomic mass is 9.97. The minimum atomic E-state index is -1.30. The van der Waals surface area contributed by atoms with Gasteiger partial charge in [0.25, 0.3) is 0 Å². The maximum Gasteiger partial charge on any atom is 0.314 e. The number of nitrogens with zero attached hydrogens (tertiary/aromatic N) is 3. The van der Waals surface area contributed by atoms with E-state index in [0.29, 0.717) is 25.1 Å². The maximum absolute atomic E-state index is 12.8. The molecule has 1 aromatic heterocycles. The monoisotopic (exact) mass is 423 g/mol. The second-order valence-electron chi connectivity index (χ2n) is 8.64. The molecule has 0 radical (unpaired) electrons. The van der Waals surface area contributed by atoms with Crippen molar-refractivity contribution in [1.82, 2.24) is 9.78 Å². The van der Waals surface area contributed by atoms with Crippen LogP contribution in [0, 0.1) is 24.2 Å². The van der Waals surface area contributed by atoms with Gasteiger partial charge in [-0.1, -0.05) is 56.0 Å². The van der Waals surface area contributed by atoms with Gasteiger partial charge >= 0.3 is 5.97 Å². The summed E-state index contributed by atoms with van der Waals surface area (Å²) in [6.07, 6.45) is 3.51. The predicted octanol–water partition coefficient (Wildman–Crippen LogP) is 4.82. The van der Waals surface area contributed by atoms with Crippen molar-refractivity contribution in [1.29, 1.82) is 5.26 Å². The van der Waals surface area contributed by atoms with Crippen molar-refractivity contribution < 1.29 is 9.53 Å². The van der Waals surface area contributed by atoms with Crippen LogP contribution in [0.3, 0.4) is 0 Å². The van der Waals surface area contributed by atoms with Crippen LogP contribution >= 0.6 is 0 Å². The van der Waals surface area contributed by atoms with Crippen LogP contribution in [0.25, 0.3) is 5.76 Å². The Morgan fingerprint density at radius 2 is 1.93 bits per heavy atom. The van der Waals surface area contributed by atoms with Gasteiger partial charge in [0.2, 0.25) is 0 Å². The van der Waals surface area contributed by atoms with E-state index in [1.165, 1.54) is 16.8 Å². The second-order valence-corrected chi connectivity index (χ2v) is 13.7. The molecule has 30 heavy (non-hydrogen) atoms. The van der Waals surface area contributed by atoms with Crippen molar-refractivity contribution in [2.24, 2.45) is 5.92 Å². The van der Waals surface area contributed by atoms with Gasteiger partial charge in [-0.3, -0.25) is 9.48 Å². The molecule has 1 atom stereocenters. The molecule has 1 unspecified atom stereocenters. The Bertz CT molecular complexity index is 931. The third-order valence-corrected chi connectivity index (χ3v) is 7.35. The standard InChI is InChI=1S/C24H33N3O2Si/c1-7-20(12-9-19-10-13-21(14-11-19)30(4,5)6)24(28)29-23(15-16-25)22-17-18(3)26-27(22)8-2/h10-11,13-15,17,20H,7-9,12H2,1-6H3/b23-15-. The molecule has 0 saturated heterocycles. The Morgan fingerprint density at radius 3 is 2.47 bits per heavy atom. The highest BCUT2D eigenvalue weighted by Crippen LogP contribution is 2.22. The molecule has 1 aromatic carbocycles. The van der Waals surface area contributed by atoms with Gasteiger partial charge in [-0.15, -0.1) is 0 Å². The highest BCUT2D eigenvalue weighted by molar-refractivity contribution is 6.88. The van der Waals surface area contributed by atoms with Gasteiger partial charge < -0.3 is 4.74 Å². The van der Waals surface area contributed by atoms with Crippen molar-refractivity contribution in [3.05, 3.63) is 53.4 Å². The largest absolute Gasteiger partial charge is 0.423 e. The minimum Gasteiger partial charge on any atom is -0.423 e. The zero-order valence-corrected chi connectivity index (χ0v) is 20.0. The third-order valence-electron chi connectivity index (χ3n) is 5.29.